The summed E-state index contributed by atoms with van der Waals surface area (Å²) >= 11 is 3.57. The number of rotatable bonds is 7. The van der Waals surface area contributed by atoms with Crippen molar-refractivity contribution in [2.45, 2.75) is 0 Å². The molecule has 0 saturated heterocycles. The summed E-state index contributed by atoms with van der Waals surface area (Å²) in [6, 6.07) is 148. The number of pyridine rings is 1. The zero-order chi connectivity index (χ0) is 91.9. The fraction of sp³-hybridized carbons (Fsp3) is 0. The summed E-state index contributed by atoms with van der Waals surface area (Å²) in [5.41, 5.74) is 25.2. The minimum atomic E-state index is 0.707. The van der Waals surface area contributed by atoms with Crippen molar-refractivity contribution in [1.29, 1.82) is 0 Å². The van der Waals surface area contributed by atoms with Crippen LogP contribution in [-0.2, 0) is 0 Å². The van der Waals surface area contributed by atoms with Gasteiger partial charge in [0, 0.05) is 175 Å². The maximum Gasteiger partial charge on any atom is 0.162 e. The molecule has 141 heavy (non-hydrogen) atoms. The van der Waals surface area contributed by atoms with E-state index in [1.165, 1.54) is 106 Å². The first-order chi connectivity index (χ1) is 70.0. The van der Waals surface area contributed by atoms with Gasteiger partial charge in [0.15, 0.2) is 17.5 Å². The van der Waals surface area contributed by atoms with E-state index in [2.05, 4.69) is 385 Å². The maximum absolute atomic E-state index is 6.34. The molecular weight excluding hydrogens is 1770 g/mol. The quantitative estimate of drug-likeness (QED) is 0.154. The van der Waals surface area contributed by atoms with E-state index in [0.29, 0.717) is 5.82 Å². The van der Waals surface area contributed by atoms with Gasteiger partial charge in [-0.2, -0.15) is 0 Å². The van der Waals surface area contributed by atoms with Crippen LogP contribution in [0.2, 0.25) is 0 Å². The number of fused-ring (bicyclic) bond motifs is 37. The SMILES string of the molecule is c1ccc(-c2nc(-n3c4ccccc4c4c5c6ccccc6n(-c6ccc7c(c6)oc6ccccc67)c5ccc43)c3ccccc3n2)cc1.c1ccc2c(c1)oc1cc(-n3c4ccccc4c4c5c6ccccc6n(-c6nccc7c6sc6ccccc67)c5ccc43)ccc12.c1ccc2c(c1)oc1cc(-n3c4ccccc4c4c5c6ccccc6n(-c6ncnc7c6sc6ccccc67)c5ccc43)ccc12. The number of hydrogen-bond acceptors (Lipinski definition) is 10. The van der Waals surface area contributed by atoms with Gasteiger partial charge in [-0.05, 0) is 158 Å². The van der Waals surface area contributed by atoms with E-state index in [4.69, 9.17) is 38.2 Å². The van der Waals surface area contributed by atoms with Gasteiger partial charge in [0.25, 0.3) is 0 Å². The van der Waals surface area contributed by atoms with Gasteiger partial charge in [-0.3, -0.25) is 13.7 Å². The summed E-state index contributed by atoms with van der Waals surface area (Å²) in [6.45, 7) is 0. The summed E-state index contributed by atoms with van der Waals surface area (Å²) in [6.07, 6.45) is 3.66. The zero-order valence-electron chi connectivity index (χ0n) is 75.0. The summed E-state index contributed by atoms with van der Waals surface area (Å²) in [5, 5.41) is 26.1. The lowest BCUT2D eigenvalue weighted by atomic mass is 10.1. The highest BCUT2D eigenvalue weighted by molar-refractivity contribution is 7.26. The van der Waals surface area contributed by atoms with Crippen LogP contribution in [0.15, 0.2) is 444 Å². The number of thiophene rings is 2. The maximum atomic E-state index is 6.34. The first-order valence-corrected chi connectivity index (χ1v) is 48.9. The summed E-state index contributed by atoms with van der Waals surface area (Å²) in [5.74, 6) is 3.46. The van der Waals surface area contributed by atoms with E-state index in [-0.39, 0.29) is 0 Å². The van der Waals surface area contributed by atoms with Crippen LogP contribution in [-0.4, -0.2) is 52.3 Å². The molecule has 0 fully saturated rings. The summed E-state index contributed by atoms with van der Waals surface area (Å²) in [7, 11) is 0. The third kappa shape index (κ3) is 11.3. The summed E-state index contributed by atoms with van der Waals surface area (Å²) in [4.78, 5) is 25.0. The van der Waals surface area contributed by atoms with E-state index in [0.717, 1.165) is 182 Å². The van der Waals surface area contributed by atoms with Crippen molar-refractivity contribution in [3.8, 4) is 45.9 Å². The lowest BCUT2D eigenvalue weighted by Crippen LogP contribution is -2.02. The molecule has 14 heterocycles. The molecule has 0 aliphatic rings. The minimum Gasteiger partial charge on any atom is -0.456 e. The fourth-order valence-corrected chi connectivity index (χ4v) is 25.4. The molecule has 0 bridgehead atoms. The second-order valence-corrected chi connectivity index (χ2v) is 38.5. The van der Waals surface area contributed by atoms with E-state index in [1.54, 1.807) is 17.7 Å². The largest absolute Gasteiger partial charge is 0.456 e. The van der Waals surface area contributed by atoms with Crippen LogP contribution < -0.4 is 0 Å². The van der Waals surface area contributed by atoms with Crippen molar-refractivity contribution < 1.29 is 13.3 Å². The number of nitrogens with zero attached hydrogens (tertiary/aromatic N) is 11. The van der Waals surface area contributed by atoms with Crippen LogP contribution in [0.3, 0.4) is 0 Å². The average molecular weight is 1840 g/mol. The van der Waals surface area contributed by atoms with Gasteiger partial charge in [0.1, 0.15) is 45.6 Å². The summed E-state index contributed by atoms with van der Waals surface area (Å²) < 4.78 is 37.9. The van der Waals surface area contributed by atoms with Gasteiger partial charge < -0.3 is 27.0 Å². The Hall–Kier alpha value is -18.6. The number of benzene rings is 19. The Balaban J connectivity index is 0.0000000973. The first-order valence-electron chi connectivity index (χ1n) is 47.3. The highest BCUT2D eigenvalue weighted by atomic mass is 32.1. The van der Waals surface area contributed by atoms with Crippen molar-refractivity contribution in [3.63, 3.8) is 0 Å². The smallest absolute Gasteiger partial charge is 0.162 e. The Kier molecular flexibility index (Phi) is 16.5. The van der Waals surface area contributed by atoms with Crippen LogP contribution >= 0.6 is 22.7 Å². The predicted molar refractivity (Wildman–Crippen MR) is 585 cm³/mol. The topological polar surface area (TPSA) is 133 Å². The lowest BCUT2D eigenvalue weighted by Gasteiger charge is -2.13. The Morgan fingerprint density at radius 1 is 0.199 bits per heavy atom. The van der Waals surface area contributed by atoms with Crippen LogP contribution in [0, 0.1) is 0 Å². The molecular formula is C125H71N11O3S2. The van der Waals surface area contributed by atoms with Crippen LogP contribution in [0.25, 0.3) is 294 Å². The van der Waals surface area contributed by atoms with E-state index >= 15 is 0 Å². The Bertz CT molecular complexity index is 10800. The molecule has 0 aliphatic heterocycles. The molecule has 0 atom stereocenters. The van der Waals surface area contributed by atoms with Gasteiger partial charge in [-0.25, -0.2) is 24.9 Å². The Labute approximate surface area is 807 Å². The van der Waals surface area contributed by atoms with Gasteiger partial charge in [0.2, 0.25) is 0 Å². The molecule has 0 aliphatic carbocycles. The zero-order valence-corrected chi connectivity index (χ0v) is 76.6. The molecule has 0 unspecified atom stereocenters. The van der Waals surface area contributed by atoms with Gasteiger partial charge in [-0.15, -0.1) is 22.7 Å². The Morgan fingerprint density at radius 3 is 0.950 bits per heavy atom. The monoisotopic (exact) mass is 1840 g/mol. The van der Waals surface area contributed by atoms with Gasteiger partial charge >= 0.3 is 0 Å². The number of aromatic nitrogens is 11. The molecule has 14 aromatic heterocycles. The van der Waals surface area contributed by atoms with Crippen LogP contribution in [0.4, 0.5) is 0 Å². The first kappa shape index (κ1) is 77.7. The van der Waals surface area contributed by atoms with Crippen molar-refractivity contribution in [3.05, 3.63) is 431 Å². The normalized spacial score (nSPS) is 12.3. The predicted octanol–water partition coefficient (Wildman–Crippen LogP) is 33.9. The van der Waals surface area contributed by atoms with Crippen molar-refractivity contribution in [1.82, 2.24) is 52.3 Å². The number of furan rings is 3. The van der Waals surface area contributed by atoms with E-state index in [1.807, 2.05) is 78.2 Å². The average Bonchev–Trinajstić information content (AvgIpc) is 1.55. The Morgan fingerprint density at radius 2 is 0.518 bits per heavy atom. The van der Waals surface area contributed by atoms with Gasteiger partial charge in [-0.1, -0.05) is 243 Å². The second kappa shape index (κ2) is 29.9. The molecule has 0 radical (unpaired) electrons. The molecule has 0 amide bonds. The molecule has 0 N–H and O–H groups in total. The van der Waals surface area contributed by atoms with Crippen LogP contribution in [0.5, 0.6) is 0 Å². The van der Waals surface area contributed by atoms with Crippen LogP contribution in [0.1, 0.15) is 0 Å². The number of hydrogen-bond donors (Lipinski definition) is 0. The molecule has 656 valence electrons. The lowest BCUT2D eigenvalue weighted by molar-refractivity contribution is 0.668. The minimum absolute atomic E-state index is 0.707. The van der Waals surface area contributed by atoms with Crippen molar-refractivity contribution in [2.24, 2.45) is 0 Å². The third-order valence-electron chi connectivity index (χ3n) is 28.9. The van der Waals surface area contributed by atoms with E-state index in [9.17, 15) is 0 Å². The molecule has 19 aromatic carbocycles. The standard InChI is InChI=1S/C44H26N4O.C41H23N3OS.C40H22N4OS/c1-2-12-27(13-3-1)43-45-34-18-8-4-15-31(34)44(46-43)48-36-20-10-6-17-33(36)42-38(48)25-24-37-41(42)32-16-5-9-19-35(32)47(37)28-22-23-30-29-14-7-11-21-39(29)49-40(30)26-28;1-5-13-31-29(11-1)38-33(43(31)24-17-18-26-25-9-3-7-15-35(25)45-36(26)23-24)19-20-34-39(38)30-12-2-6-14-32(30)44(34)41-40-28(21-22-42-41)27-10-4-8-16-37(27)46-40;1-5-13-29-26(10-1)36-31(43(29)23-17-18-25-24-9-3-7-15-33(24)45-34(25)21-23)19-20-32-37(36)27-11-2-6-14-30(27)44(32)40-39-38(41-22-42-40)28-12-4-8-16-35(28)46-39/h1-26H;1-23H;1-22H. The fourth-order valence-electron chi connectivity index (χ4n) is 23.0. The molecule has 16 heteroatoms. The molecule has 33 aromatic rings. The van der Waals surface area contributed by atoms with Gasteiger partial charge in [0.05, 0.1) is 86.6 Å². The third-order valence-corrected chi connectivity index (χ3v) is 31.3. The highest BCUT2D eigenvalue weighted by Crippen LogP contribution is 2.51. The molecule has 0 spiro atoms. The number of para-hydroxylation sites is 10. The molecule has 14 nitrogen and oxygen atoms in total. The van der Waals surface area contributed by atoms with Crippen molar-refractivity contribution in [2.75, 3.05) is 0 Å². The highest BCUT2D eigenvalue weighted by Gasteiger charge is 2.30. The van der Waals surface area contributed by atoms with E-state index < -0.39 is 0 Å². The molecule has 0 saturated carbocycles. The van der Waals surface area contributed by atoms with Crippen molar-refractivity contribution >= 4 is 271 Å². The molecule has 33 rings (SSSR count). The second-order valence-electron chi connectivity index (χ2n) is 36.3.